The minimum absolute atomic E-state index is 0. The Morgan fingerprint density at radius 3 is 1.72 bits per heavy atom. The van der Waals surface area contributed by atoms with Gasteiger partial charge in [0.2, 0.25) is 5.91 Å². The zero-order chi connectivity index (χ0) is 24.5. The van der Waals surface area contributed by atoms with Crippen LogP contribution in [0.25, 0.3) is 0 Å². The van der Waals surface area contributed by atoms with Gasteiger partial charge >= 0.3 is 0 Å². The van der Waals surface area contributed by atoms with Gasteiger partial charge < -0.3 is 34.3 Å². The molecular formula is C23H53FN2O6. The van der Waals surface area contributed by atoms with Gasteiger partial charge in [0, 0.05) is 22.4 Å². The fourth-order valence-corrected chi connectivity index (χ4v) is 2.48. The summed E-state index contributed by atoms with van der Waals surface area (Å²) in [6.45, 7) is 16.6. The highest BCUT2D eigenvalue weighted by Crippen LogP contribution is 2.02. The standard InChI is InChI=1S/C21H43FN2O6.C2H6.2H2/c1-5-20(6-2)23-7-8-26-9-10-27-11-12-28-13-14-29-15-16-30-18(3)21(22)17-24-19(4)25;1-2;;/h18,20-21,23H,5-17H2,1-4H3,(H,24,25);1-2H3;2*1H. The van der Waals surface area contributed by atoms with E-state index in [9.17, 15) is 9.18 Å². The van der Waals surface area contributed by atoms with Crippen molar-refractivity contribution in [1.82, 2.24) is 10.6 Å². The summed E-state index contributed by atoms with van der Waals surface area (Å²) >= 11 is 0. The maximum atomic E-state index is 13.7. The van der Waals surface area contributed by atoms with E-state index in [1.54, 1.807) is 6.92 Å². The molecule has 9 heteroatoms. The first kappa shape index (κ1) is 33.3. The maximum Gasteiger partial charge on any atom is 0.216 e. The lowest BCUT2D eigenvalue weighted by atomic mass is 10.2. The van der Waals surface area contributed by atoms with Gasteiger partial charge in [-0.25, -0.2) is 4.39 Å². The molecule has 0 spiro atoms. The molecule has 0 aliphatic carbocycles. The van der Waals surface area contributed by atoms with Gasteiger partial charge in [-0.05, 0) is 19.8 Å². The van der Waals surface area contributed by atoms with Crippen LogP contribution in [0.1, 0.15) is 57.2 Å². The molecule has 0 radical (unpaired) electrons. The number of rotatable bonds is 22. The molecule has 0 aliphatic heterocycles. The molecular weight excluding hydrogens is 419 g/mol. The van der Waals surface area contributed by atoms with E-state index in [-0.39, 0.29) is 21.9 Å². The van der Waals surface area contributed by atoms with Crippen molar-refractivity contribution in [1.29, 1.82) is 0 Å². The molecule has 0 aromatic rings. The number of carbonyl (C=O) groups excluding carboxylic acids is 1. The van der Waals surface area contributed by atoms with Crippen LogP contribution in [0.2, 0.25) is 0 Å². The Balaban J connectivity index is -0.00000109. The number of hydrogen-bond acceptors (Lipinski definition) is 7. The molecule has 0 fully saturated rings. The molecule has 2 unspecified atom stereocenters. The Morgan fingerprint density at radius 1 is 0.844 bits per heavy atom. The van der Waals surface area contributed by atoms with E-state index >= 15 is 0 Å². The second-order valence-electron chi connectivity index (χ2n) is 6.95. The highest BCUT2D eigenvalue weighted by Gasteiger charge is 2.16. The summed E-state index contributed by atoms with van der Waals surface area (Å²) in [5.41, 5.74) is 0. The van der Waals surface area contributed by atoms with Gasteiger partial charge in [-0.2, -0.15) is 0 Å². The van der Waals surface area contributed by atoms with Gasteiger partial charge in [-0.1, -0.05) is 27.7 Å². The van der Waals surface area contributed by atoms with E-state index in [0.29, 0.717) is 58.9 Å². The third-order valence-corrected chi connectivity index (χ3v) is 4.44. The predicted molar refractivity (Wildman–Crippen MR) is 130 cm³/mol. The molecule has 0 rings (SSSR count). The summed E-state index contributed by atoms with van der Waals surface area (Å²) < 4.78 is 40.7. The molecule has 0 aromatic carbocycles. The lowest BCUT2D eigenvalue weighted by Gasteiger charge is -2.17. The summed E-state index contributed by atoms with van der Waals surface area (Å²) in [7, 11) is 0. The minimum Gasteiger partial charge on any atom is -0.378 e. The van der Waals surface area contributed by atoms with Crippen LogP contribution in [0.5, 0.6) is 0 Å². The smallest absolute Gasteiger partial charge is 0.216 e. The number of halogens is 1. The first-order chi connectivity index (χ1) is 15.5. The van der Waals surface area contributed by atoms with Crippen LogP contribution in [0.4, 0.5) is 4.39 Å². The minimum atomic E-state index is -1.24. The van der Waals surface area contributed by atoms with Crippen molar-refractivity contribution in [3.63, 3.8) is 0 Å². The maximum absolute atomic E-state index is 13.7. The normalized spacial score (nSPS) is 12.9. The number of ether oxygens (including phenoxy) is 5. The van der Waals surface area contributed by atoms with Gasteiger partial charge in [0.15, 0.2) is 0 Å². The average molecular weight is 473 g/mol. The lowest BCUT2D eigenvalue weighted by molar-refractivity contribution is -0.119. The van der Waals surface area contributed by atoms with Crippen molar-refractivity contribution in [2.75, 3.05) is 72.6 Å². The Hall–Kier alpha value is -0.840. The van der Waals surface area contributed by atoms with Gasteiger partial charge in [0.05, 0.1) is 72.1 Å². The lowest BCUT2D eigenvalue weighted by Crippen LogP contribution is -2.35. The molecule has 0 heterocycles. The average Bonchev–Trinajstić information content (AvgIpc) is 2.80. The summed E-state index contributed by atoms with van der Waals surface area (Å²) in [5, 5.41) is 5.87. The van der Waals surface area contributed by atoms with Crippen molar-refractivity contribution >= 4 is 5.91 Å². The highest BCUT2D eigenvalue weighted by atomic mass is 19.1. The van der Waals surface area contributed by atoms with Gasteiger partial charge in [-0.3, -0.25) is 4.79 Å². The van der Waals surface area contributed by atoms with Gasteiger partial charge in [0.25, 0.3) is 0 Å². The van der Waals surface area contributed by atoms with Crippen LogP contribution in [0.3, 0.4) is 0 Å². The summed E-state index contributed by atoms with van der Waals surface area (Å²) in [6, 6.07) is 0.575. The third-order valence-electron chi connectivity index (χ3n) is 4.44. The predicted octanol–water partition coefficient (Wildman–Crippen LogP) is 3.23. The molecule has 0 aliphatic rings. The Morgan fingerprint density at radius 2 is 1.28 bits per heavy atom. The van der Waals surface area contributed by atoms with E-state index in [2.05, 4.69) is 24.5 Å². The van der Waals surface area contributed by atoms with Crippen LogP contribution in [0, 0.1) is 0 Å². The number of nitrogens with one attached hydrogen (secondary N) is 2. The van der Waals surface area contributed by atoms with Crippen LogP contribution in [-0.2, 0) is 28.5 Å². The SMILES string of the molecule is CC.CCC(CC)NCCOCCOCCOCCOCCOC(C)C(F)CNC(C)=O.[HH].[HH]. The molecule has 8 nitrogen and oxygen atoms in total. The quantitative estimate of drug-likeness (QED) is 0.234. The van der Waals surface area contributed by atoms with E-state index in [1.165, 1.54) is 6.92 Å². The number of hydrogen-bond donors (Lipinski definition) is 2. The monoisotopic (exact) mass is 472 g/mol. The van der Waals surface area contributed by atoms with Crippen LogP contribution < -0.4 is 10.6 Å². The Kier molecular flexibility index (Phi) is 27.5. The summed E-state index contributed by atoms with van der Waals surface area (Å²) in [5.74, 6) is -0.257. The second-order valence-corrected chi connectivity index (χ2v) is 6.95. The molecule has 0 aromatic heterocycles. The van der Waals surface area contributed by atoms with E-state index in [0.717, 1.165) is 19.4 Å². The van der Waals surface area contributed by atoms with E-state index < -0.39 is 12.3 Å². The highest BCUT2D eigenvalue weighted by molar-refractivity contribution is 5.72. The Bertz CT molecular complexity index is 400. The zero-order valence-electron chi connectivity index (χ0n) is 21.3. The molecule has 0 saturated heterocycles. The third kappa shape index (κ3) is 23.8. The molecule has 2 atom stereocenters. The number of alkyl halides is 1. The number of amides is 1. The molecule has 2 N–H and O–H groups in total. The first-order valence-electron chi connectivity index (χ1n) is 12.1. The van der Waals surface area contributed by atoms with Crippen molar-refractivity contribution in [2.45, 2.75) is 72.7 Å². The van der Waals surface area contributed by atoms with Gasteiger partial charge in [-0.15, -0.1) is 0 Å². The van der Waals surface area contributed by atoms with Crippen molar-refractivity contribution in [2.24, 2.45) is 0 Å². The Labute approximate surface area is 198 Å². The van der Waals surface area contributed by atoms with E-state index in [4.69, 9.17) is 23.7 Å². The number of carbonyl (C=O) groups is 1. The van der Waals surface area contributed by atoms with Crippen molar-refractivity contribution in [3.05, 3.63) is 0 Å². The van der Waals surface area contributed by atoms with Crippen LogP contribution >= 0.6 is 0 Å². The topological polar surface area (TPSA) is 87.3 Å². The fraction of sp³-hybridized carbons (Fsp3) is 0.957. The fourth-order valence-electron chi connectivity index (χ4n) is 2.48. The van der Waals surface area contributed by atoms with Crippen LogP contribution in [0.15, 0.2) is 0 Å². The second kappa shape index (κ2) is 26.4. The summed E-state index contributed by atoms with van der Waals surface area (Å²) in [4.78, 5) is 10.7. The molecule has 0 saturated carbocycles. The largest absolute Gasteiger partial charge is 0.378 e. The van der Waals surface area contributed by atoms with Crippen molar-refractivity contribution in [3.8, 4) is 0 Å². The molecule has 0 bridgehead atoms. The zero-order valence-corrected chi connectivity index (χ0v) is 21.3. The molecule has 32 heavy (non-hydrogen) atoms. The van der Waals surface area contributed by atoms with E-state index in [1.807, 2.05) is 13.8 Å². The first-order valence-corrected chi connectivity index (χ1v) is 12.1. The van der Waals surface area contributed by atoms with Crippen LogP contribution in [-0.4, -0.2) is 96.8 Å². The summed E-state index contributed by atoms with van der Waals surface area (Å²) in [6.07, 6.45) is 0.434. The van der Waals surface area contributed by atoms with Crippen molar-refractivity contribution < 1.29 is 35.7 Å². The molecule has 198 valence electrons. The van der Waals surface area contributed by atoms with Gasteiger partial charge in [0.1, 0.15) is 6.17 Å². The molecule has 1 amide bonds.